The van der Waals surface area contributed by atoms with Gasteiger partial charge in [-0.15, -0.1) is 0 Å². The van der Waals surface area contributed by atoms with Crippen LogP contribution in [-0.2, 0) is 4.74 Å². The average Bonchev–Trinajstić information content (AvgIpc) is 2.00. The Balaban J connectivity index is 3.83. The van der Waals surface area contributed by atoms with Crippen LogP contribution < -0.4 is 0 Å². The molecule has 5 nitrogen and oxygen atoms in total. The fourth-order valence-electron chi connectivity index (χ4n) is 0.812. The summed E-state index contributed by atoms with van der Waals surface area (Å²) >= 11 is 0. The molecule has 0 aliphatic rings. The lowest BCUT2D eigenvalue weighted by Gasteiger charge is -2.23. The zero-order valence-corrected chi connectivity index (χ0v) is 7.21. The van der Waals surface area contributed by atoms with Crippen molar-refractivity contribution >= 4 is 0 Å². The first-order valence-corrected chi connectivity index (χ1v) is 3.79. The van der Waals surface area contributed by atoms with Crippen molar-refractivity contribution in [3.63, 3.8) is 0 Å². The van der Waals surface area contributed by atoms with Gasteiger partial charge in [0.25, 0.3) is 0 Å². The first-order valence-electron chi connectivity index (χ1n) is 3.79. The predicted octanol–water partition coefficient (Wildman–Crippen LogP) is -1.56. The lowest BCUT2D eigenvalue weighted by Crippen LogP contribution is -2.40. The van der Waals surface area contributed by atoms with Crippen molar-refractivity contribution in [3.05, 3.63) is 0 Å². The molecule has 0 saturated carbocycles. The first kappa shape index (κ1) is 11.8. The number of aliphatic hydroxyl groups excluding tert-OH is 4. The van der Waals surface area contributed by atoms with Gasteiger partial charge in [0, 0.05) is 0 Å². The van der Waals surface area contributed by atoms with E-state index in [1.807, 2.05) is 0 Å². The first-order chi connectivity index (χ1) is 5.49. The minimum absolute atomic E-state index is 0.533. The Bertz CT molecular complexity index is 116. The van der Waals surface area contributed by atoms with Crippen LogP contribution in [-0.4, -0.2) is 51.6 Å². The third-order valence-electron chi connectivity index (χ3n) is 1.47. The van der Waals surface area contributed by atoms with E-state index in [0.29, 0.717) is 0 Å². The summed E-state index contributed by atoms with van der Waals surface area (Å²) in [6, 6.07) is 0. The molecule has 0 aliphatic heterocycles. The molecule has 0 aromatic rings. The van der Waals surface area contributed by atoms with Crippen molar-refractivity contribution in [2.75, 3.05) is 6.61 Å². The van der Waals surface area contributed by atoms with Crippen LogP contribution in [0, 0.1) is 0 Å². The van der Waals surface area contributed by atoms with Gasteiger partial charge in [0.05, 0.1) is 12.7 Å². The molecule has 0 spiro atoms. The van der Waals surface area contributed by atoms with E-state index in [0.717, 1.165) is 0 Å². The van der Waals surface area contributed by atoms with Crippen LogP contribution in [0.3, 0.4) is 0 Å². The zero-order valence-electron chi connectivity index (χ0n) is 7.21. The molecule has 0 aromatic heterocycles. The van der Waals surface area contributed by atoms with Gasteiger partial charge in [0.15, 0.2) is 6.29 Å². The van der Waals surface area contributed by atoms with Crippen LogP contribution in [0.2, 0.25) is 0 Å². The van der Waals surface area contributed by atoms with E-state index in [1.54, 1.807) is 0 Å². The van der Waals surface area contributed by atoms with Gasteiger partial charge in [0.2, 0.25) is 0 Å². The highest BCUT2D eigenvalue weighted by Gasteiger charge is 2.23. The van der Waals surface area contributed by atoms with Gasteiger partial charge in [0.1, 0.15) is 12.2 Å². The summed E-state index contributed by atoms with van der Waals surface area (Å²) in [6.45, 7) is 2.36. The molecule has 74 valence electrons. The van der Waals surface area contributed by atoms with Gasteiger partial charge >= 0.3 is 0 Å². The molecule has 0 saturated heterocycles. The summed E-state index contributed by atoms with van der Waals surface area (Å²) < 4.78 is 4.77. The number of hydrogen-bond acceptors (Lipinski definition) is 5. The second-order valence-corrected chi connectivity index (χ2v) is 2.68. The van der Waals surface area contributed by atoms with Crippen LogP contribution in [0.1, 0.15) is 13.8 Å². The van der Waals surface area contributed by atoms with Gasteiger partial charge in [-0.1, -0.05) is 0 Å². The van der Waals surface area contributed by atoms with Crippen molar-refractivity contribution in [1.29, 1.82) is 0 Å². The van der Waals surface area contributed by atoms with Crippen LogP contribution in [0.5, 0.6) is 0 Å². The third kappa shape index (κ3) is 3.99. The van der Waals surface area contributed by atoms with Crippen molar-refractivity contribution in [1.82, 2.24) is 0 Å². The maximum absolute atomic E-state index is 9.19. The molecule has 12 heavy (non-hydrogen) atoms. The van der Waals surface area contributed by atoms with E-state index in [4.69, 9.17) is 20.1 Å². The van der Waals surface area contributed by atoms with Gasteiger partial charge in [-0.3, -0.25) is 0 Å². The van der Waals surface area contributed by atoms with E-state index in [2.05, 4.69) is 0 Å². The van der Waals surface area contributed by atoms with Crippen molar-refractivity contribution in [2.24, 2.45) is 0 Å². The Labute approximate surface area is 71.2 Å². The molecule has 0 bridgehead atoms. The minimum atomic E-state index is -1.24. The standard InChI is InChI=1S/C7H16O5/c1-4(12-5(2)9)7(11)6(10)3-8/h4-11H,3H2,1-2H3/t4?,5-,6-,7?/m1/s1. The molecule has 2 unspecified atom stereocenters. The number of rotatable bonds is 5. The maximum Gasteiger partial charge on any atom is 0.152 e. The topological polar surface area (TPSA) is 90.2 Å². The normalized spacial score (nSPS) is 21.5. The highest BCUT2D eigenvalue weighted by Crippen LogP contribution is 2.05. The number of ether oxygens (including phenoxy) is 1. The predicted molar refractivity (Wildman–Crippen MR) is 41.3 cm³/mol. The van der Waals surface area contributed by atoms with E-state index in [1.165, 1.54) is 13.8 Å². The van der Waals surface area contributed by atoms with E-state index in [9.17, 15) is 5.11 Å². The van der Waals surface area contributed by atoms with Crippen LogP contribution in [0.15, 0.2) is 0 Å². The summed E-state index contributed by atoms with van der Waals surface area (Å²) in [5.74, 6) is 0. The highest BCUT2D eigenvalue weighted by molar-refractivity contribution is 4.72. The highest BCUT2D eigenvalue weighted by atomic mass is 16.6. The zero-order chi connectivity index (χ0) is 9.72. The van der Waals surface area contributed by atoms with Crippen LogP contribution in [0.4, 0.5) is 0 Å². The maximum atomic E-state index is 9.19. The van der Waals surface area contributed by atoms with Crippen molar-refractivity contribution in [2.45, 2.75) is 38.4 Å². The van der Waals surface area contributed by atoms with E-state index < -0.39 is 31.2 Å². The smallest absolute Gasteiger partial charge is 0.152 e. The Hall–Kier alpha value is -0.200. The summed E-state index contributed by atoms with van der Waals surface area (Å²) in [4.78, 5) is 0. The Morgan fingerprint density at radius 1 is 1.17 bits per heavy atom. The summed E-state index contributed by atoms with van der Waals surface area (Å²) in [7, 11) is 0. The molecule has 5 heteroatoms. The molecule has 0 aliphatic carbocycles. The summed E-state index contributed by atoms with van der Waals surface area (Å²) in [5.41, 5.74) is 0. The van der Waals surface area contributed by atoms with Gasteiger partial charge in [-0.2, -0.15) is 0 Å². The third-order valence-corrected chi connectivity index (χ3v) is 1.47. The van der Waals surface area contributed by atoms with E-state index >= 15 is 0 Å². The average molecular weight is 180 g/mol. The lowest BCUT2D eigenvalue weighted by atomic mass is 10.1. The fourth-order valence-corrected chi connectivity index (χ4v) is 0.812. The number of hydrogen-bond donors (Lipinski definition) is 4. The minimum Gasteiger partial charge on any atom is -0.394 e. The quantitative estimate of drug-likeness (QED) is 0.384. The molecule has 0 heterocycles. The molecular formula is C7H16O5. The van der Waals surface area contributed by atoms with E-state index in [-0.39, 0.29) is 0 Å². The van der Waals surface area contributed by atoms with Crippen molar-refractivity contribution in [3.8, 4) is 0 Å². The Kier molecular flexibility index (Phi) is 5.36. The summed E-state index contributed by atoms with van der Waals surface area (Å²) in [6.07, 6.45) is -4.14. The molecular weight excluding hydrogens is 164 g/mol. The molecule has 0 aromatic carbocycles. The second-order valence-electron chi connectivity index (χ2n) is 2.68. The molecule has 0 radical (unpaired) electrons. The number of aliphatic hydroxyl groups is 4. The fraction of sp³-hybridized carbons (Fsp3) is 1.00. The second kappa shape index (κ2) is 5.45. The largest absolute Gasteiger partial charge is 0.394 e. The Morgan fingerprint density at radius 3 is 2.00 bits per heavy atom. The summed E-state index contributed by atoms with van der Waals surface area (Å²) in [5, 5.41) is 35.3. The molecule has 0 fully saturated rings. The van der Waals surface area contributed by atoms with Crippen LogP contribution in [0.25, 0.3) is 0 Å². The molecule has 0 amide bonds. The molecule has 0 rings (SSSR count). The molecule has 4 N–H and O–H groups in total. The lowest BCUT2D eigenvalue weighted by molar-refractivity contribution is -0.169. The van der Waals surface area contributed by atoms with Gasteiger partial charge < -0.3 is 25.2 Å². The van der Waals surface area contributed by atoms with Crippen molar-refractivity contribution < 1.29 is 25.2 Å². The van der Waals surface area contributed by atoms with Gasteiger partial charge in [-0.05, 0) is 13.8 Å². The molecule has 4 atom stereocenters. The monoisotopic (exact) mass is 180 g/mol. The Morgan fingerprint density at radius 2 is 1.67 bits per heavy atom. The SMILES string of the molecule is CC(O[C@H](C)O)C(O)[C@H](O)CO. The van der Waals surface area contributed by atoms with Crippen LogP contribution >= 0.6 is 0 Å². The van der Waals surface area contributed by atoms with Gasteiger partial charge in [-0.25, -0.2) is 0 Å².